The molecule has 1 N–H and O–H groups in total. The minimum atomic E-state index is -0.824. The van der Waals surface area contributed by atoms with Crippen molar-refractivity contribution >= 4 is 5.91 Å². The summed E-state index contributed by atoms with van der Waals surface area (Å²) >= 11 is 0. The number of nitrogens with zero attached hydrogens (tertiary/aromatic N) is 1. The Labute approximate surface area is 176 Å². The molecular formula is C23H28F2N2O3. The summed E-state index contributed by atoms with van der Waals surface area (Å²) in [6, 6.07) is 11.5. The number of hydrogen-bond acceptors (Lipinski definition) is 4. The zero-order valence-electron chi connectivity index (χ0n) is 17.2. The Morgan fingerprint density at radius 1 is 1.07 bits per heavy atom. The van der Waals surface area contributed by atoms with Gasteiger partial charge in [0.15, 0.2) is 11.6 Å². The van der Waals surface area contributed by atoms with Crippen molar-refractivity contribution < 1.29 is 23.0 Å². The number of piperidine rings is 1. The van der Waals surface area contributed by atoms with Gasteiger partial charge in [-0.25, -0.2) is 8.78 Å². The van der Waals surface area contributed by atoms with Gasteiger partial charge in [0, 0.05) is 32.1 Å². The van der Waals surface area contributed by atoms with E-state index in [2.05, 4.69) is 10.2 Å². The smallest absolute Gasteiger partial charge is 0.220 e. The molecule has 0 spiro atoms. The van der Waals surface area contributed by atoms with E-state index in [0.717, 1.165) is 49.1 Å². The van der Waals surface area contributed by atoms with Gasteiger partial charge < -0.3 is 14.8 Å². The minimum Gasteiger partial charge on any atom is -0.497 e. The average Bonchev–Trinajstić information content (AvgIpc) is 2.76. The van der Waals surface area contributed by atoms with Crippen molar-refractivity contribution in [3.8, 4) is 11.5 Å². The molecule has 5 nitrogen and oxygen atoms in total. The van der Waals surface area contributed by atoms with Gasteiger partial charge in [-0.3, -0.25) is 9.69 Å². The molecule has 0 unspecified atom stereocenters. The van der Waals surface area contributed by atoms with Crippen LogP contribution in [0.2, 0.25) is 0 Å². The highest BCUT2D eigenvalue weighted by Crippen LogP contribution is 2.18. The minimum absolute atomic E-state index is 0.0346. The van der Waals surface area contributed by atoms with E-state index < -0.39 is 11.6 Å². The van der Waals surface area contributed by atoms with Gasteiger partial charge in [0.05, 0.1) is 13.7 Å². The van der Waals surface area contributed by atoms with Crippen molar-refractivity contribution in [2.45, 2.75) is 38.3 Å². The molecular weight excluding hydrogens is 390 g/mol. The maximum absolute atomic E-state index is 13.3. The first-order valence-corrected chi connectivity index (χ1v) is 10.3. The predicted molar refractivity (Wildman–Crippen MR) is 111 cm³/mol. The first-order chi connectivity index (χ1) is 14.5. The molecule has 0 aliphatic carbocycles. The average molecular weight is 418 g/mol. The number of methoxy groups -OCH3 is 1. The van der Waals surface area contributed by atoms with Crippen LogP contribution in [-0.2, 0) is 11.3 Å². The van der Waals surface area contributed by atoms with Crippen LogP contribution in [-0.4, -0.2) is 43.7 Å². The van der Waals surface area contributed by atoms with Crippen LogP contribution >= 0.6 is 0 Å². The number of rotatable bonds is 9. The zero-order valence-corrected chi connectivity index (χ0v) is 17.2. The monoisotopic (exact) mass is 418 g/mol. The molecule has 3 rings (SSSR count). The van der Waals surface area contributed by atoms with Gasteiger partial charge in [-0.1, -0.05) is 6.07 Å². The molecule has 30 heavy (non-hydrogen) atoms. The van der Waals surface area contributed by atoms with Gasteiger partial charge in [-0.2, -0.15) is 0 Å². The van der Waals surface area contributed by atoms with Crippen LogP contribution in [0.1, 0.15) is 31.2 Å². The topological polar surface area (TPSA) is 50.8 Å². The van der Waals surface area contributed by atoms with Crippen LogP contribution in [0.4, 0.5) is 8.78 Å². The van der Waals surface area contributed by atoms with E-state index in [1.807, 2.05) is 24.3 Å². The van der Waals surface area contributed by atoms with Crippen molar-refractivity contribution in [3.63, 3.8) is 0 Å². The van der Waals surface area contributed by atoms with Crippen LogP contribution in [0.3, 0.4) is 0 Å². The number of halogens is 2. The summed E-state index contributed by atoms with van der Waals surface area (Å²) in [5, 5.41) is 3.09. The molecule has 0 radical (unpaired) electrons. The second-order valence-corrected chi connectivity index (χ2v) is 7.49. The number of nitrogens with one attached hydrogen (secondary N) is 1. The Hall–Kier alpha value is -2.67. The lowest BCUT2D eigenvalue weighted by Crippen LogP contribution is -2.44. The maximum Gasteiger partial charge on any atom is 0.220 e. The Morgan fingerprint density at radius 2 is 1.77 bits per heavy atom. The van der Waals surface area contributed by atoms with Crippen molar-refractivity contribution in [2.24, 2.45) is 0 Å². The standard InChI is InChI=1S/C23H28F2N2O3/c1-29-19-5-7-20(8-6-19)30-14-2-3-23(28)26-18-10-12-27(13-11-18)16-17-4-9-21(24)22(25)15-17/h4-9,15,18H,2-3,10-14,16H2,1H3,(H,26,28). The molecule has 1 fully saturated rings. The molecule has 1 heterocycles. The summed E-state index contributed by atoms with van der Waals surface area (Å²) in [6.07, 6.45) is 2.76. The molecule has 2 aromatic carbocycles. The van der Waals surface area contributed by atoms with E-state index in [9.17, 15) is 13.6 Å². The van der Waals surface area contributed by atoms with Crippen LogP contribution < -0.4 is 14.8 Å². The van der Waals surface area contributed by atoms with Gasteiger partial charge >= 0.3 is 0 Å². The van der Waals surface area contributed by atoms with Gasteiger partial charge in [0.25, 0.3) is 0 Å². The van der Waals surface area contributed by atoms with Crippen LogP contribution in [0.25, 0.3) is 0 Å². The fourth-order valence-corrected chi connectivity index (χ4v) is 3.53. The zero-order chi connectivity index (χ0) is 21.3. The second-order valence-electron chi connectivity index (χ2n) is 7.49. The molecule has 1 amide bonds. The summed E-state index contributed by atoms with van der Waals surface area (Å²) in [7, 11) is 1.62. The summed E-state index contributed by atoms with van der Waals surface area (Å²) in [4.78, 5) is 14.4. The summed E-state index contributed by atoms with van der Waals surface area (Å²) in [5.74, 6) is -0.0743. The van der Waals surface area contributed by atoms with Gasteiger partial charge in [-0.15, -0.1) is 0 Å². The van der Waals surface area contributed by atoms with E-state index in [1.165, 1.54) is 6.07 Å². The van der Waals surface area contributed by atoms with Crippen LogP contribution in [0.15, 0.2) is 42.5 Å². The largest absolute Gasteiger partial charge is 0.497 e. The SMILES string of the molecule is COc1ccc(OCCCC(=O)NC2CCN(Cc3ccc(F)c(F)c3)CC2)cc1. The number of ether oxygens (including phenoxy) is 2. The lowest BCUT2D eigenvalue weighted by atomic mass is 10.0. The van der Waals surface area contributed by atoms with E-state index in [4.69, 9.17) is 9.47 Å². The quantitative estimate of drug-likeness (QED) is 0.628. The molecule has 162 valence electrons. The van der Waals surface area contributed by atoms with E-state index in [-0.39, 0.29) is 11.9 Å². The Bertz CT molecular complexity index is 822. The van der Waals surface area contributed by atoms with Crippen LogP contribution in [0.5, 0.6) is 11.5 Å². The molecule has 7 heteroatoms. The van der Waals surface area contributed by atoms with Gasteiger partial charge in [0.1, 0.15) is 11.5 Å². The normalized spacial score (nSPS) is 15.0. The predicted octanol–water partition coefficient (Wildman–Crippen LogP) is 3.91. The lowest BCUT2D eigenvalue weighted by Gasteiger charge is -2.32. The Kier molecular flexibility index (Phi) is 8.02. The van der Waals surface area contributed by atoms with Crippen molar-refractivity contribution in [1.82, 2.24) is 10.2 Å². The summed E-state index contributed by atoms with van der Waals surface area (Å²) in [5.41, 5.74) is 0.758. The highest BCUT2D eigenvalue weighted by Gasteiger charge is 2.21. The van der Waals surface area contributed by atoms with Gasteiger partial charge in [0.2, 0.25) is 5.91 Å². The lowest BCUT2D eigenvalue weighted by molar-refractivity contribution is -0.122. The molecule has 1 aliphatic heterocycles. The fourth-order valence-electron chi connectivity index (χ4n) is 3.53. The highest BCUT2D eigenvalue weighted by atomic mass is 19.2. The van der Waals surface area contributed by atoms with E-state index in [0.29, 0.717) is 26.0 Å². The first kappa shape index (κ1) is 22.0. The molecule has 2 aromatic rings. The van der Waals surface area contributed by atoms with E-state index >= 15 is 0 Å². The molecule has 1 aliphatic rings. The van der Waals surface area contributed by atoms with Crippen molar-refractivity contribution in [2.75, 3.05) is 26.8 Å². The summed E-state index contributed by atoms with van der Waals surface area (Å²) in [6.45, 7) is 2.68. The molecule has 1 saturated heterocycles. The van der Waals surface area contributed by atoms with Crippen molar-refractivity contribution in [1.29, 1.82) is 0 Å². The molecule has 0 atom stereocenters. The number of carbonyl (C=O) groups is 1. The molecule has 0 saturated carbocycles. The molecule has 0 aromatic heterocycles. The van der Waals surface area contributed by atoms with E-state index in [1.54, 1.807) is 13.2 Å². The Balaban J connectivity index is 1.30. The molecule has 0 bridgehead atoms. The fraction of sp³-hybridized carbons (Fsp3) is 0.435. The van der Waals surface area contributed by atoms with Crippen molar-refractivity contribution in [3.05, 3.63) is 59.7 Å². The number of hydrogen-bond donors (Lipinski definition) is 1. The number of carbonyl (C=O) groups excluding carboxylic acids is 1. The number of likely N-dealkylation sites (tertiary alicyclic amines) is 1. The first-order valence-electron chi connectivity index (χ1n) is 10.3. The maximum atomic E-state index is 13.3. The number of benzene rings is 2. The second kappa shape index (κ2) is 10.9. The third-order valence-corrected chi connectivity index (χ3v) is 5.22. The Morgan fingerprint density at radius 3 is 2.43 bits per heavy atom. The number of amides is 1. The van der Waals surface area contributed by atoms with Gasteiger partial charge in [-0.05, 0) is 61.2 Å². The third-order valence-electron chi connectivity index (χ3n) is 5.22. The van der Waals surface area contributed by atoms with Crippen LogP contribution in [0, 0.1) is 11.6 Å². The summed E-state index contributed by atoms with van der Waals surface area (Å²) < 4.78 is 37.1. The highest BCUT2D eigenvalue weighted by molar-refractivity contribution is 5.76. The third kappa shape index (κ3) is 6.69.